The highest BCUT2D eigenvalue weighted by Gasteiger charge is 2.24. The Morgan fingerprint density at radius 2 is 1.80 bits per heavy atom. The number of rotatable bonds is 4. The SMILES string of the molecule is C[C@H]1C[C@@H](C(=O)Nc2ccc(NC(=O)c3ccco3)cc2)CCN1.Cl. The van der Waals surface area contributed by atoms with Crippen LogP contribution in [0.25, 0.3) is 0 Å². The maximum atomic E-state index is 12.3. The summed E-state index contributed by atoms with van der Waals surface area (Å²) < 4.78 is 5.05. The molecule has 1 aromatic carbocycles. The molecule has 0 spiro atoms. The summed E-state index contributed by atoms with van der Waals surface area (Å²) in [5.41, 5.74) is 1.37. The Bertz CT molecular complexity index is 701. The first kappa shape index (κ1) is 19.0. The van der Waals surface area contributed by atoms with Crippen molar-refractivity contribution in [2.75, 3.05) is 17.2 Å². The topological polar surface area (TPSA) is 83.4 Å². The molecule has 7 heteroatoms. The zero-order valence-electron chi connectivity index (χ0n) is 14.0. The molecule has 2 amide bonds. The average Bonchev–Trinajstić information content (AvgIpc) is 3.11. The van der Waals surface area contributed by atoms with E-state index in [4.69, 9.17) is 4.42 Å². The number of amides is 2. The molecule has 2 atom stereocenters. The highest BCUT2D eigenvalue weighted by Crippen LogP contribution is 2.20. The Labute approximate surface area is 152 Å². The first-order valence-corrected chi connectivity index (χ1v) is 8.11. The van der Waals surface area contributed by atoms with Gasteiger partial charge in [0.2, 0.25) is 5.91 Å². The van der Waals surface area contributed by atoms with Gasteiger partial charge in [0.05, 0.1) is 6.26 Å². The van der Waals surface area contributed by atoms with E-state index in [0.29, 0.717) is 11.7 Å². The first-order chi connectivity index (χ1) is 11.6. The number of piperidine rings is 1. The van der Waals surface area contributed by atoms with Crippen LogP contribution < -0.4 is 16.0 Å². The normalized spacial score (nSPS) is 19.6. The quantitative estimate of drug-likeness (QED) is 0.778. The van der Waals surface area contributed by atoms with Crippen LogP contribution in [0, 0.1) is 5.92 Å². The molecule has 0 aliphatic carbocycles. The van der Waals surface area contributed by atoms with Crippen molar-refractivity contribution in [2.24, 2.45) is 5.92 Å². The van der Waals surface area contributed by atoms with Gasteiger partial charge in [-0.2, -0.15) is 0 Å². The zero-order chi connectivity index (χ0) is 16.9. The number of halogens is 1. The van der Waals surface area contributed by atoms with E-state index in [1.54, 1.807) is 36.4 Å². The summed E-state index contributed by atoms with van der Waals surface area (Å²) in [6.07, 6.45) is 3.16. The van der Waals surface area contributed by atoms with Gasteiger partial charge in [0.15, 0.2) is 5.76 Å². The van der Waals surface area contributed by atoms with E-state index >= 15 is 0 Å². The Morgan fingerprint density at radius 3 is 2.40 bits per heavy atom. The molecule has 3 N–H and O–H groups in total. The summed E-state index contributed by atoms with van der Waals surface area (Å²) in [6.45, 7) is 2.97. The summed E-state index contributed by atoms with van der Waals surface area (Å²) in [5.74, 6) is 0.0446. The Morgan fingerprint density at radius 1 is 1.12 bits per heavy atom. The van der Waals surface area contributed by atoms with Gasteiger partial charge in [-0.25, -0.2) is 0 Å². The minimum absolute atomic E-state index is 0. The van der Waals surface area contributed by atoms with Crippen LogP contribution >= 0.6 is 12.4 Å². The fraction of sp³-hybridized carbons (Fsp3) is 0.333. The van der Waals surface area contributed by atoms with E-state index in [1.807, 2.05) is 0 Å². The Hall–Kier alpha value is -2.31. The predicted octanol–water partition coefficient (Wildman–Crippen LogP) is 3.28. The second-order valence-corrected chi connectivity index (χ2v) is 6.07. The molecule has 2 aromatic rings. The van der Waals surface area contributed by atoms with Crippen molar-refractivity contribution in [3.05, 3.63) is 48.4 Å². The summed E-state index contributed by atoms with van der Waals surface area (Å²) in [6, 6.07) is 10.7. The van der Waals surface area contributed by atoms with Gasteiger partial charge in [0.25, 0.3) is 5.91 Å². The summed E-state index contributed by atoms with van der Waals surface area (Å²) >= 11 is 0. The molecular formula is C18H22ClN3O3. The van der Waals surface area contributed by atoms with Crippen LogP contribution in [0.2, 0.25) is 0 Å². The summed E-state index contributed by atoms with van der Waals surface area (Å²) in [4.78, 5) is 24.2. The minimum Gasteiger partial charge on any atom is -0.459 e. The fourth-order valence-corrected chi connectivity index (χ4v) is 2.85. The number of carbonyl (C=O) groups is 2. The van der Waals surface area contributed by atoms with E-state index in [-0.39, 0.29) is 35.9 Å². The van der Waals surface area contributed by atoms with Crippen molar-refractivity contribution in [1.82, 2.24) is 5.32 Å². The minimum atomic E-state index is -0.305. The number of anilines is 2. The molecule has 0 unspecified atom stereocenters. The smallest absolute Gasteiger partial charge is 0.291 e. The molecule has 134 valence electrons. The van der Waals surface area contributed by atoms with Gasteiger partial charge in [-0.1, -0.05) is 0 Å². The maximum Gasteiger partial charge on any atom is 0.291 e. The largest absolute Gasteiger partial charge is 0.459 e. The molecule has 0 radical (unpaired) electrons. The molecule has 0 saturated carbocycles. The Balaban J connectivity index is 0.00000225. The van der Waals surface area contributed by atoms with E-state index in [0.717, 1.165) is 25.1 Å². The van der Waals surface area contributed by atoms with Gasteiger partial charge >= 0.3 is 0 Å². The number of furan rings is 1. The van der Waals surface area contributed by atoms with E-state index in [1.165, 1.54) is 6.26 Å². The van der Waals surface area contributed by atoms with Crippen molar-refractivity contribution < 1.29 is 14.0 Å². The van der Waals surface area contributed by atoms with E-state index in [2.05, 4.69) is 22.9 Å². The first-order valence-electron chi connectivity index (χ1n) is 8.11. The molecule has 6 nitrogen and oxygen atoms in total. The van der Waals surface area contributed by atoms with Crippen LogP contribution in [-0.2, 0) is 4.79 Å². The van der Waals surface area contributed by atoms with Crippen molar-refractivity contribution >= 4 is 35.6 Å². The summed E-state index contributed by atoms with van der Waals surface area (Å²) in [7, 11) is 0. The van der Waals surface area contributed by atoms with Crippen molar-refractivity contribution in [1.29, 1.82) is 0 Å². The van der Waals surface area contributed by atoms with Crippen LogP contribution in [0.3, 0.4) is 0 Å². The molecule has 25 heavy (non-hydrogen) atoms. The van der Waals surface area contributed by atoms with Crippen LogP contribution in [0.1, 0.15) is 30.3 Å². The molecule has 1 aliphatic rings. The molecule has 1 aromatic heterocycles. The lowest BCUT2D eigenvalue weighted by molar-refractivity contribution is -0.120. The predicted molar refractivity (Wildman–Crippen MR) is 99.2 cm³/mol. The zero-order valence-corrected chi connectivity index (χ0v) is 14.8. The fourth-order valence-electron chi connectivity index (χ4n) is 2.85. The highest BCUT2D eigenvalue weighted by molar-refractivity contribution is 6.02. The van der Waals surface area contributed by atoms with Gasteiger partial charge in [0.1, 0.15) is 0 Å². The molecule has 0 bridgehead atoms. The van der Waals surface area contributed by atoms with Gasteiger partial charge in [0, 0.05) is 23.3 Å². The number of nitrogens with one attached hydrogen (secondary N) is 3. The van der Waals surface area contributed by atoms with Crippen LogP contribution in [0.15, 0.2) is 47.1 Å². The van der Waals surface area contributed by atoms with Crippen molar-refractivity contribution in [3.8, 4) is 0 Å². The molecular weight excluding hydrogens is 342 g/mol. The van der Waals surface area contributed by atoms with Crippen LogP contribution in [0.5, 0.6) is 0 Å². The lowest BCUT2D eigenvalue weighted by Crippen LogP contribution is -2.40. The second-order valence-electron chi connectivity index (χ2n) is 6.07. The number of benzene rings is 1. The van der Waals surface area contributed by atoms with E-state index < -0.39 is 0 Å². The van der Waals surface area contributed by atoms with Crippen LogP contribution in [0.4, 0.5) is 11.4 Å². The van der Waals surface area contributed by atoms with E-state index in [9.17, 15) is 9.59 Å². The average molecular weight is 364 g/mol. The number of hydrogen-bond donors (Lipinski definition) is 3. The van der Waals surface area contributed by atoms with Crippen molar-refractivity contribution in [3.63, 3.8) is 0 Å². The molecule has 2 heterocycles. The maximum absolute atomic E-state index is 12.3. The third-order valence-electron chi connectivity index (χ3n) is 4.15. The summed E-state index contributed by atoms with van der Waals surface area (Å²) in [5, 5.41) is 9.02. The molecule has 3 rings (SSSR count). The molecule has 1 fully saturated rings. The number of hydrogen-bond acceptors (Lipinski definition) is 4. The standard InChI is InChI=1S/C18H21N3O3.ClH/c1-12-11-13(8-9-19-12)17(22)20-14-4-6-15(7-5-14)21-18(23)16-3-2-10-24-16;/h2-7,10,12-13,19H,8-9,11H2,1H3,(H,20,22)(H,21,23);1H/t12-,13-;/m0./s1. The van der Waals surface area contributed by atoms with Gasteiger partial charge in [-0.15, -0.1) is 12.4 Å². The van der Waals surface area contributed by atoms with Gasteiger partial charge < -0.3 is 20.4 Å². The lowest BCUT2D eigenvalue weighted by Gasteiger charge is -2.27. The third kappa shape index (κ3) is 5.08. The van der Waals surface area contributed by atoms with Crippen molar-refractivity contribution in [2.45, 2.75) is 25.8 Å². The monoisotopic (exact) mass is 363 g/mol. The highest BCUT2D eigenvalue weighted by atomic mass is 35.5. The molecule has 1 saturated heterocycles. The number of carbonyl (C=O) groups excluding carboxylic acids is 2. The Kier molecular flexibility index (Phi) is 6.61. The molecule has 1 aliphatic heterocycles. The lowest BCUT2D eigenvalue weighted by atomic mass is 9.92. The van der Waals surface area contributed by atoms with Gasteiger partial charge in [-0.3, -0.25) is 9.59 Å². The second kappa shape index (κ2) is 8.69. The third-order valence-corrected chi connectivity index (χ3v) is 4.15. The van der Waals surface area contributed by atoms with Gasteiger partial charge in [-0.05, 0) is 62.7 Å². The van der Waals surface area contributed by atoms with Crippen LogP contribution in [-0.4, -0.2) is 24.4 Å².